The van der Waals surface area contributed by atoms with E-state index in [1.165, 1.54) is 0 Å². The zero-order valence-electron chi connectivity index (χ0n) is 18.1. The molecule has 0 bridgehead atoms. The van der Waals surface area contributed by atoms with Crippen molar-refractivity contribution in [3.05, 3.63) is 82.0 Å². The van der Waals surface area contributed by atoms with Crippen molar-refractivity contribution < 1.29 is 19.1 Å². The van der Waals surface area contributed by atoms with Crippen molar-refractivity contribution in [2.24, 2.45) is 0 Å². The molecule has 0 unspecified atom stereocenters. The second-order valence-electron chi connectivity index (χ2n) is 7.43. The summed E-state index contributed by atoms with van der Waals surface area (Å²) in [5, 5.41) is 5.03. The van der Waals surface area contributed by atoms with Gasteiger partial charge < -0.3 is 19.7 Å². The Hall–Kier alpha value is -3.16. The van der Waals surface area contributed by atoms with E-state index in [0.717, 1.165) is 10.4 Å². The molecule has 2 amide bonds. The van der Waals surface area contributed by atoms with Gasteiger partial charge in [0.1, 0.15) is 5.75 Å². The number of ether oxygens (including phenoxy) is 2. The molecule has 1 N–H and O–H groups in total. The predicted octanol–water partition coefficient (Wildman–Crippen LogP) is 4.71. The Morgan fingerprint density at radius 2 is 1.88 bits per heavy atom. The molecular formula is C25H26N2O4S. The number of rotatable bonds is 8. The van der Waals surface area contributed by atoms with Gasteiger partial charge in [0.25, 0.3) is 5.91 Å². The van der Waals surface area contributed by atoms with Crippen LogP contribution in [0.25, 0.3) is 0 Å². The van der Waals surface area contributed by atoms with Crippen LogP contribution < -0.4 is 10.1 Å². The molecule has 2 heterocycles. The van der Waals surface area contributed by atoms with Crippen molar-refractivity contribution in [2.45, 2.75) is 18.9 Å². The SMILES string of the molecule is CCOc1ccccc1NC(=O)[C@H]1c2ccccc2C(=O)N(CCOC)[C@H]1c1cccs1. The summed E-state index contributed by atoms with van der Waals surface area (Å²) in [6.45, 7) is 3.18. The van der Waals surface area contributed by atoms with Gasteiger partial charge in [0.15, 0.2) is 0 Å². The van der Waals surface area contributed by atoms with E-state index >= 15 is 0 Å². The van der Waals surface area contributed by atoms with E-state index in [1.807, 2.05) is 66.9 Å². The first-order valence-corrected chi connectivity index (χ1v) is 11.5. The molecule has 0 saturated heterocycles. The highest BCUT2D eigenvalue weighted by molar-refractivity contribution is 7.10. The number of carbonyl (C=O) groups excluding carboxylic acids is 2. The Morgan fingerprint density at radius 1 is 1.09 bits per heavy atom. The lowest BCUT2D eigenvalue weighted by atomic mass is 9.81. The Balaban J connectivity index is 1.78. The monoisotopic (exact) mass is 450 g/mol. The topological polar surface area (TPSA) is 67.9 Å². The van der Waals surface area contributed by atoms with E-state index < -0.39 is 12.0 Å². The smallest absolute Gasteiger partial charge is 0.254 e. The number of anilines is 1. The number of fused-ring (bicyclic) bond motifs is 1. The molecule has 6 nitrogen and oxygen atoms in total. The molecule has 4 rings (SSSR count). The van der Waals surface area contributed by atoms with Gasteiger partial charge in [-0.25, -0.2) is 0 Å². The molecule has 2 atom stereocenters. The number of nitrogens with zero attached hydrogens (tertiary/aromatic N) is 1. The summed E-state index contributed by atoms with van der Waals surface area (Å²) in [5.41, 5.74) is 1.90. The average Bonchev–Trinajstić information content (AvgIpc) is 3.34. The van der Waals surface area contributed by atoms with Crippen LogP contribution in [0.15, 0.2) is 66.0 Å². The summed E-state index contributed by atoms with van der Waals surface area (Å²) >= 11 is 1.54. The van der Waals surface area contributed by atoms with E-state index in [1.54, 1.807) is 29.4 Å². The van der Waals surface area contributed by atoms with Crippen molar-refractivity contribution in [1.29, 1.82) is 0 Å². The molecule has 0 saturated carbocycles. The van der Waals surface area contributed by atoms with Crippen LogP contribution in [-0.2, 0) is 9.53 Å². The lowest BCUT2D eigenvalue weighted by Crippen LogP contribution is -2.47. The first-order valence-electron chi connectivity index (χ1n) is 10.6. The van der Waals surface area contributed by atoms with Crippen LogP contribution in [0.4, 0.5) is 5.69 Å². The summed E-state index contributed by atoms with van der Waals surface area (Å²) in [4.78, 5) is 29.9. The van der Waals surface area contributed by atoms with Gasteiger partial charge in [-0.3, -0.25) is 9.59 Å². The molecule has 2 aromatic carbocycles. The largest absolute Gasteiger partial charge is 0.492 e. The molecule has 0 radical (unpaired) electrons. The number of carbonyl (C=O) groups is 2. The second-order valence-corrected chi connectivity index (χ2v) is 8.41. The number of methoxy groups -OCH3 is 1. The number of nitrogens with one attached hydrogen (secondary N) is 1. The van der Waals surface area contributed by atoms with Gasteiger partial charge in [-0.15, -0.1) is 11.3 Å². The first-order chi connectivity index (χ1) is 15.7. The van der Waals surface area contributed by atoms with Gasteiger partial charge in [0.05, 0.1) is 30.9 Å². The molecule has 3 aromatic rings. The third kappa shape index (κ3) is 4.26. The molecule has 32 heavy (non-hydrogen) atoms. The highest BCUT2D eigenvalue weighted by Crippen LogP contribution is 2.44. The molecule has 166 valence electrons. The Labute approximate surface area is 191 Å². The maximum absolute atomic E-state index is 13.8. The van der Waals surface area contributed by atoms with Crippen LogP contribution >= 0.6 is 11.3 Å². The number of hydrogen-bond acceptors (Lipinski definition) is 5. The summed E-state index contributed by atoms with van der Waals surface area (Å²) in [6, 6.07) is 18.2. The zero-order valence-corrected chi connectivity index (χ0v) is 18.9. The summed E-state index contributed by atoms with van der Waals surface area (Å²) in [5.74, 6) is -0.228. The van der Waals surface area contributed by atoms with Gasteiger partial charge in [0.2, 0.25) is 5.91 Å². The molecule has 0 aliphatic carbocycles. The van der Waals surface area contributed by atoms with Crippen LogP contribution in [0.1, 0.15) is 39.7 Å². The number of para-hydroxylation sites is 2. The minimum atomic E-state index is -0.575. The van der Waals surface area contributed by atoms with Crippen molar-refractivity contribution >= 4 is 28.8 Å². The molecular weight excluding hydrogens is 424 g/mol. The minimum Gasteiger partial charge on any atom is -0.492 e. The summed E-state index contributed by atoms with van der Waals surface area (Å²) in [7, 11) is 1.61. The Bertz CT molecular complexity index is 1080. The maximum Gasteiger partial charge on any atom is 0.254 e. The fourth-order valence-corrected chi connectivity index (χ4v) is 5.02. The highest BCUT2D eigenvalue weighted by Gasteiger charge is 2.44. The van der Waals surface area contributed by atoms with Gasteiger partial charge in [-0.05, 0) is 42.1 Å². The maximum atomic E-state index is 13.8. The lowest BCUT2D eigenvalue weighted by Gasteiger charge is -2.41. The fourth-order valence-electron chi connectivity index (χ4n) is 4.15. The molecule has 1 aromatic heterocycles. The summed E-state index contributed by atoms with van der Waals surface area (Å²) in [6.07, 6.45) is 0. The van der Waals surface area contributed by atoms with Gasteiger partial charge in [-0.2, -0.15) is 0 Å². The van der Waals surface area contributed by atoms with Crippen LogP contribution in [0.2, 0.25) is 0 Å². The Kier molecular flexibility index (Phi) is 6.87. The van der Waals surface area contributed by atoms with E-state index in [2.05, 4.69) is 5.32 Å². The van der Waals surface area contributed by atoms with Gasteiger partial charge in [0, 0.05) is 24.1 Å². The van der Waals surface area contributed by atoms with Crippen molar-refractivity contribution in [3.63, 3.8) is 0 Å². The molecule has 0 fully saturated rings. The normalized spacial score (nSPS) is 17.7. The average molecular weight is 451 g/mol. The highest BCUT2D eigenvalue weighted by atomic mass is 32.1. The minimum absolute atomic E-state index is 0.0881. The van der Waals surface area contributed by atoms with Crippen molar-refractivity contribution in [1.82, 2.24) is 4.90 Å². The van der Waals surface area contributed by atoms with E-state index in [0.29, 0.717) is 36.8 Å². The van der Waals surface area contributed by atoms with E-state index in [4.69, 9.17) is 9.47 Å². The number of hydrogen-bond donors (Lipinski definition) is 1. The molecule has 0 spiro atoms. The van der Waals surface area contributed by atoms with E-state index in [-0.39, 0.29) is 11.8 Å². The molecule has 1 aliphatic heterocycles. The third-order valence-corrected chi connectivity index (χ3v) is 6.48. The van der Waals surface area contributed by atoms with Gasteiger partial charge in [-0.1, -0.05) is 36.4 Å². The lowest BCUT2D eigenvalue weighted by molar-refractivity contribution is -0.119. The van der Waals surface area contributed by atoms with Gasteiger partial charge >= 0.3 is 0 Å². The number of benzene rings is 2. The number of thiophene rings is 1. The fraction of sp³-hybridized carbons (Fsp3) is 0.280. The van der Waals surface area contributed by atoms with Crippen molar-refractivity contribution in [2.75, 3.05) is 32.2 Å². The standard InChI is InChI=1S/C25H26N2O4S/c1-3-31-20-12-7-6-11-19(20)26-24(28)22-17-9-4-5-10-18(17)25(29)27(14-15-30-2)23(22)21-13-8-16-32-21/h4-13,16,22-23H,3,14-15H2,1-2H3,(H,26,28)/t22-,23-/m0/s1. The Morgan fingerprint density at radius 3 is 2.62 bits per heavy atom. The first kappa shape index (κ1) is 22.0. The van der Waals surface area contributed by atoms with E-state index in [9.17, 15) is 9.59 Å². The van der Waals surface area contributed by atoms with Crippen molar-refractivity contribution in [3.8, 4) is 5.75 Å². The van der Waals surface area contributed by atoms with Crippen LogP contribution in [0, 0.1) is 0 Å². The molecule has 7 heteroatoms. The predicted molar refractivity (Wildman–Crippen MR) is 125 cm³/mol. The third-order valence-electron chi connectivity index (χ3n) is 5.54. The second kappa shape index (κ2) is 9.97. The molecule has 1 aliphatic rings. The van der Waals surface area contributed by atoms with Crippen LogP contribution in [0.5, 0.6) is 5.75 Å². The number of amides is 2. The van der Waals surface area contributed by atoms with Crippen LogP contribution in [0.3, 0.4) is 0 Å². The van der Waals surface area contributed by atoms with Crippen LogP contribution in [-0.4, -0.2) is 43.6 Å². The quantitative estimate of drug-likeness (QED) is 0.540. The summed E-state index contributed by atoms with van der Waals surface area (Å²) < 4.78 is 11.0. The zero-order chi connectivity index (χ0) is 22.5.